The molecule has 21 heavy (non-hydrogen) atoms. The smallest absolute Gasteiger partial charge is 0.333 e. The molecule has 0 aromatic carbocycles. The zero-order valence-corrected chi connectivity index (χ0v) is 13.1. The molecule has 0 saturated carbocycles. The molecule has 7 heteroatoms. The number of likely N-dealkylation sites (tertiary alicyclic amines) is 1. The molecule has 0 spiro atoms. The predicted octanol–water partition coefficient (Wildman–Crippen LogP) is 2.03. The predicted molar refractivity (Wildman–Crippen MR) is 82.6 cm³/mol. The van der Waals surface area contributed by atoms with Gasteiger partial charge in [0, 0.05) is 20.1 Å². The second kappa shape index (κ2) is 6.89. The van der Waals surface area contributed by atoms with Gasteiger partial charge in [0.15, 0.2) is 0 Å². The fourth-order valence-electron chi connectivity index (χ4n) is 2.94. The van der Waals surface area contributed by atoms with Crippen LogP contribution in [-0.2, 0) is 13.5 Å². The molecule has 118 valence electrons. The van der Waals surface area contributed by atoms with Gasteiger partial charge >= 0.3 is 5.69 Å². The van der Waals surface area contributed by atoms with Gasteiger partial charge in [-0.1, -0.05) is 13.8 Å². The summed E-state index contributed by atoms with van der Waals surface area (Å²) in [6.07, 6.45) is 3.13. The lowest BCUT2D eigenvalue weighted by molar-refractivity contribution is -0.384. The summed E-state index contributed by atoms with van der Waals surface area (Å²) in [5, 5.41) is 18.7. The number of nitrogens with one attached hydrogen (secondary N) is 1. The summed E-state index contributed by atoms with van der Waals surface area (Å²) in [5.41, 5.74) is 0.658. The van der Waals surface area contributed by atoms with E-state index in [9.17, 15) is 10.1 Å². The van der Waals surface area contributed by atoms with Crippen LogP contribution < -0.4 is 5.32 Å². The fourth-order valence-corrected chi connectivity index (χ4v) is 2.94. The molecule has 0 bridgehead atoms. The van der Waals surface area contributed by atoms with Crippen molar-refractivity contribution in [2.75, 3.05) is 31.5 Å². The lowest BCUT2D eigenvalue weighted by Crippen LogP contribution is -2.29. The van der Waals surface area contributed by atoms with Gasteiger partial charge in [0.05, 0.1) is 4.92 Å². The van der Waals surface area contributed by atoms with Crippen LogP contribution in [0, 0.1) is 16.0 Å². The molecule has 1 aromatic heterocycles. The van der Waals surface area contributed by atoms with Crippen LogP contribution in [0.5, 0.6) is 0 Å². The summed E-state index contributed by atoms with van der Waals surface area (Å²) >= 11 is 0. The first-order chi connectivity index (χ1) is 10.0. The summed E-state index contributed by atoms with van der Waals surface area (Å²) < 4.78 is 1.58. The summed E-state index contributed by atoms with van der Waals surface area (Å²) in [6, 6.07) is 0. The van der Waals surface area contributed by atoms with Crippen molar-refractivity contribution in [2.45, 2.75) is 33.1 Å². The molecule has 1 aliphatic heterocycles. The van der Waals surface area contributed by atoms with Crippen LogP contribution in [0.3, 0.4) is 0 Å². The van der Waals surface area contributed by atoms with Crippen LogP contribution in [0.15, 0.2) is 0 Å². The van der Waals surface area contributed by atoms with Crippen LogP contribution in [0.1, 0.15) is 32.4 Å². The van der Waals surface area contributed by atoms with Gasteiger partial charge in [0.2, 0.25) is 5.82 Å². The molecule has 2 rings (SSSR count). The van der Waals surface area contributed by atoms with Gasteiger partial charge in [-0.25, -0.2) is 4.68 Å². The number of nitro groups is 1. The zero-order chi connectivity index (χ0) is 15.4. The van der Waals surface area contributed by atoms with Crippen molar-refractivity contribution in [2.24, 2.45) is 13.0 Å². The Morgan fingerprint density at radius 3 is 2.67 bits per heavy atom. The van der Waals surface area contributed by atoms with Crippen LogP contribution in [-0.4, -0.2) is 45.8 Å². The minimum atomic E-state index is -0.334. The second-order valence-corrected chi connectivity index (χ2v) is 5.87. The van der Waals surface area contributed by atoms with E-state index >= 15 is 0 Å². The minimum Gasteiger partial charge on any atom is -0.364 e. The largest absolute Gasteiger partial charge is 0.364 e. The van der Waals surface area contributed by atoms with E-state index in [-0.39, 0.29) is 10.6 Å². The molecule has 2 heterocycles. The highest BCUT2D eigenvalue weighted by Crippen LogP contribution is 2.28. The maximum atomic E-state index is 11.2. The Kier molecular flexibility index (Phi) is 5.17. The van der Waals surface area contributed by atoms with E-state index in [1.54, 1.807) is 11.7 Å². The summed E-state index contributed by atoms with van der Waals surface area (Å²) in [4.78, 5) is 13.4. The van der Waals surface area contributed by atoms with E-state index < -0.39 is 0 Å². The number of hydrogen-bond donors (Lipinski definition) is 1. The molecular weight excluding hydrogens is 270 g/mol. The first-order valence-electron chi connectivity index (χ1n) is 7.69. The standard InChI is InChI=1S/C14H25N5O2/c1-4-12-13(19(20)21)14(17(3)16-12)15-9-11(2)10-18-7-5-6-8-18/h11,15H,4-10H2,1-3H3. The lowest BCUT2D eigenvalue weighted by atomic mass is 10.1. The third kappa shape index (κ3) is 3.72. The number of aromatic nitrogens is 2. The first kappa shape index (κ1) is 15.8. The summed E-state index contributed by atoms with van der Waals surface area (Å²) in [7, 11) is 1.75. The molecule has 7 nitrogen and oxygen atoms in total. The zero-order valence-electron chi connectivity index (χ0n) is 13.1. The highest BCUT2D eigenvalue weighted by atomic mass is 16.6. The topological polar surface area (TPSA) is 76.2 Å². The van der Waals surface area contributed by atoms with Gasteiger partial charge in [-0.15, -0.1) is 0 Å². The average Bonchev–Trinajstić information content (AvgIpc) is 3.03. The average molecular weight is 295 g/mol. The van der Waals surface area contributed by atoms with Crippen LogP contribution in [0.2, 0.25) is 0 Å². The molecule has 1 atom stereocenters. The second-order valence-electron chi connectivity index (χ2n) is 5.87. The van der Waals surface area contributed by atoms with Gasteiger partial charge < -0.3 is 10.2 Å². The van der Waals surface area contributed by atoms with E-state index in [2.05, 4.69) is 22.2 Å². The maximum absolute atomic E-state index is 11.2. The van der Waals surface area contributed by atoms with Gasteiger partial charge in [-0.3, -0.25) is 10.1 Å². The normalized spacial score (nSPS) is 17.1. The molecule has 1 saturated heterocycles. The van der Waals surface area contributed by atoms with E-state index in [4.69, 9.17) is 0 Å². The molecule has 0 aliphatic carbocycles. The highest BCUT2D eigenvalue weighted by Gasteiger charge is 2.25. The number of aryl methyl sites for hydroxylation is 2. The number of anilines is 1. The fraction of sp³-hybridized carbons (Fsp3) is 0.786. The van der Waals surface area contributed by atoms with Crippen molar-refractivity contribution in [1.82, 2.24) is 14.7 Å². The van der Waals surface area contributed by atoms with Gasteiger partial charge in [0.1, 0.15) is 5.69 Å². The van der Waals surface area contributed by atoms with Crippen molar-refractivity contribution in [3.05, 3.63) is 15.8 Å². The Morgan fingerprint density at radius 1 is 1.43 bits per heavy atom. The molecule has 1 aromatic rings. The number of nitrogens with zero attached hydrogens (tertiary/aromatic N) is 4. The minimum absolute atomic E-state index is 0.119. The van der Waals surface area contributed by atoms with Gasteiger partial charge in [0.25, 0.3) is 0 Å². The third-order valence-corrected chi connectivity index (χ3v) is 4.00. The molecule has 1 N–H and O–H groups in total. The van der Waals surface area contributed by atoms with Crippen molar-refractivity contribution >= 4 is 11.5 Å². The van der Waals surface area contributed by atoms with E-state index in [1.165, 1.54) is 25.9 Å². The third-order valence-electron chi connectivity index (χ3n) is 4.00. The van der Waals surface area contributed by atoms with E-state index in [1.807, 2.05) is 6.92 Å². The highest BCUT2D eigenvalue weighted by molar-refractivity contribution is 5.59. The maximum Gasteiger partial charge on any atom is 0.333 e. The quantitative estimate of drug-likeness (QED) is 0.615. The molecule has 1 fully saturated rings. The van der Waals surface area contributed by atoms with Crippen LogP contribution in [0.25, 0.3) is 0 Å². The molecule has 0 amide bonds. The van der Waals surface area contributed by atoms with Gasteiger partial charge in [-0.05, 0) is 38.3 Å². The summed E-state index contributed by atoms with van der Waals surface area (Å²) in [6.45, 7) is 8.18. The molecule has 1 aliphatic rings. The number of rotatable bonds is 7. The Labute approximate surface area is 125 Å². The van der Waals surface area contributed by atoms with Crippen molar-refractivity contribution in [3.63, 3.8) is 0 Å². The van der Waals surface area contributed by atoms with E-state index in [0.717, 1.165) is 13.1 Å². The monoisotopic (exact) mass is 295 g/mol. The van der Waals surface area contributed by atoms with Crippen LogP contribution in [0.4, 0.5) is 11.5 Å². The Hall–Kier alpha value is -1.63. The molecule has 1 unspecified atom stereocenters. The van der Waals surface area contributed by atoms with Gasteiger partial charge in [-0.2, -0.15) is 5.10 Å². The van der Waals surface area contributed by atoms with E-state index in [0.29, 0.717) is 23.9 Å². The SMILES string of the molecule is CCc1nn(C)c(NCC(C)CN2CCCC2)c1[N+](=O)[O-]. The summed E-state index contributed by atoms with van der Waals surface area (Å²) in [5.74, 6) is 0.966. The van der Waals surface area contributed by atoms with Crippen molar-refractivity contribution in [3.8, 4) is 0 Å². The Bertz CT molecular complexity index is 494. The first-order valence-corrected chi connectivity index (χ1v) is 7.69. The van der Waals surface area contributed by atoms with Crippen molar-refractivity contribution in [1.29, 1.82) is 0 Å². The number of hydrogen-bond acceptors (Lipinski definition) is 5. The lowest BCUT2D eigenvalue weighted by Gasteiger charge is -2.20. The molecular formula is C14H25N5O2. The Balaban J connectivity index is 1.98. The van der Waals surface area contributed by atoms with Crippen molar-refractivity contribution < 1.29 is 4.92 Å². The molecule has 0 radical (unpaired) electrons. The van der Waals surface area contributed by atoms with Crippen LogP contribution >= 0.6 is 0 Å². The Morgan fingerprint density at radius 2 is 2.10 bits per heavy atom.